The van der Waals surface area contributed by atoms with Crippen LogP contribution in [0.3, 0.4) is 0 Å². The third kappa shape index (κ3) is 6.06. The van der Waals surface area contributed by atoms with Crippen LogP contribution in [-0.2, 0) is 17.1 Å². The topological polar surface area (TPSA) is 17.1 Å². The van der Waals surface area contributed by atoms with Gasteiger partial charge in [-0.2, -0.15) is 0 Å². The second-order valence-corrected chi connectivity index (χ2v) is 7.99. The number of benzene rings is 2. The van der Waals surface area contributed by atoms with E-state index in [1.165, 1.54) is 11.5 Å². The molecule has 5 rings (SSSR count). The summed E-state index contributed by atoms with van der Waals surface area (Å²) in [6, 6.07) is 16.3. The molecule has 0 heterocycles. The molecule has 0 N–H and O–H groups in total. The summed E-state index contributed by atoms with van der Waals surface area (Å²) in [5, 5.41) is 0. The van der Waals surface area contributed by atoms with Crippen molar-refractivity contribution >= 4 is 21.7 Å². The Labute approximate surface area is 194 Å². The predicted octanol–water partition coefficient (Wildman–Crippen LogP) is 6.21. The standard InChI is InChI=1S/C21H16BrO.C5H5.Fe/c22-18-11-9-16(10-12-18)19-13-20(19)21(23)17-7-5-15(6-8-17)14-3-1-2-4-14;1-2-4-5-3-1;/h1-12,19-20H,13H2;1-5H;/q;;+2/t19-,20+;;/m0../s1. The second kappa shape index (κ2) is 10.9. The first kappa shape index (κ1) is 22.8. The largest absolute Gasteiger partial charge is 2.00 e. The molecule has 0 aliphatic heterocycles. The van der Waals surface area contributed by atoms with Crippen molar-refractivity contribution in [1.82, 2.24) is 0 Å². The monoisotopic (exact) mass is 484 g/mol. The van der Waals surface area contributed by atoms with E-state index in [9.17, 15) is 4.79 Å². The van der Waals surface area contributed by atoms with Crippen molar-refractivity contribution in [1.29, 1.82) is 0 Å². The molecule has 144 valence electrons. The molecular formula is C26H21BrFeO+2. The quantitative estimate of drug-likeness (QED) is 0.372. The molecule has 0 saturated heterocycles. The predicted molar refractivity (Wildman–Crippen MR) is 117 cm³/mol. The minimum atomic E-state index is 0. The zero-order chi connectivity index (χ0) is 19.3. The molecule has 3 heteroatoms. The Bertz CT molecular complexity index is 766. The van der Waals surface area contributed by atoms with E-state index in [-0.39, 0.29) is 28.8 Å². The Morgan fingerprint density at radius 2 is 1.31 bits per heavy atom. The molecule has 0 spiro atoms. The maximum atomic E-state index is 12.6. The first-order valence-corrected chi connectivity index (χ1v) is 10.3. The van der Waals surface area contributed by atoms with Gasteiger partial charge in [-0.15, -0.1) is 0 Å². The Kier molecular flexibility index (Phi) is 8.59. The van der Waals surface area contributed by atoms with Crippen molar-refractivity contribution < 1.29 is 21.9 Å². The van der Waals surface area contributed by atoms with Crippen LogP contribution in [0.25, 0.3) is 0 Å². The van der Waals surface area contributed by atoms with Crippen molar-refractivity contribution in [3.05, 3.63) is 133 Å². The van der Waals surface area contributed by atoms with Crippen LogP contribution in [0.5, 0.6) is 0 Å². The first-order valence-electron chi connectivity index (χ1n) is 9.51. The zero-order valence-corrected chi connectivity index (χ0v) is 18.5. The van der Waals surface area contributed by atoms with Gasteiger partial charge in [-0.05, 0) is 93.4 Å². The second-order valence-electron chi connectivity index (χ2n) is 7.08. The van der Waals surface area contributed by atoms with Crippen molar-refractivity contribution in [2.75, 3.05) is 0 Å². The number of rotatable bonds is 4. The maximum Gasteiger partial charge on any atom is 2.00 e. The maximum absolute atomic E-state index is 12.6. The van der Waals surface area contributed by atoms with Crippen molar-refractivity contribution in [3.8, 4) is 0 Å². The summed E-state index contributed by atoms with van der Waals surface area (Å²) in [5.74, 6) is 1.99. The smallest absolute Gasteiger partial charge is 0.294 e. The molecule has 0 amide bonds. The first-order chi connectivity index (χ1) is 13.7. The number of carbonyl (C=O) groups excluding carboxylic acids is 1. The number of hydrogen-bond acceptors (Lipinski definition) is 1. The fourth-order valence-corrected chi connectivity index (χ4v) is 3.76. The van der Waals surface area contributed by atoms with E-state index in [1.807, 2.05) is 81.3 Å². The molecule has 0 aromatic heterocycles. The molecule has 2 atom stereocenters. The zero-order valence-electron chi connectivity index (χ0n) is 15.8. The molecule has 3 aliphatic carbocycles. The molecule has 3 fully saturated rings. The fraction of sp³-hybridized carbons (Fsp3) is 0.115. The van der Waals surface area contributed by atoms with E-state index >= 15 is 0 Å². The summed E-state index contributed by atoms with van der Waals surface area (Å²) in [6.07, 6.45) is 19.2. The van der Waals surface area contributed by atoms with Gasteiger partial charge in [0.2, 0.25) is 0 Å². The summed E-state index contributed by atoms with van der Waals surface area (Å²) in [5.41, 5.74) is 3.25. The van der Waals surface area contributed by atoms with E-state index < -0.39 is 0 Å². The van der Waals surface area contributed by atoms with Gasteiger partial charge < -0.3 is 0 Å². The van der Waals surface area contributed by atoms with Crippen LogP contribution >= 0.6 is 15.9 Å². The van der Waals surface area contributed by atoms with Crippen molar-refractivity contribution in [2.45, 2.75) is 12.3 Å². The van der Waals surface area contributed by atoms with E-state index in [1.54, 1.807) is 0 Å². The van der Waals surface area contributed by atoms with Crippen LogP contribution in [0, 0.1) is 69.6 Å². The van der Waals surface area contributed by atoms with Crippen LogP contribution in [0.15, 0.2) is 53.0 Å². The molecule has 0 bridgehead atoms. The molecule has 3 aliphatic rings. The summed E-state index contributed by atoms with van der Waals surface area (Å²) in [6.45, 7) is 0. The summed E-state index contributed by atoms with van der Waals surface area (Å²) < 4.78 is 1.08. The summed E-state index contributed by atoms with van der Waals surface area (Å²) >= 11 is 3.45. The van der Waals surface area contributed by atoms with E-state index in [0.717, 1.165) is 22.0 Å². The number of hydrogen-bond donors (Lipinski definition) is 0. The van der Waals surface area contributed by atoms with Crippen LogP contribution in [0.1, 0.15) is 33.8 Å². The third-order valence-electron chi connectivity index (χ3n) is 5.15. The van der Waals surface area contributed by atoms with E-state index in [2.05, 4.69) is 40.9 Å². The third-order valence-corrected chi connectivity index (χ3v) is 5.68. The van der Waals surface area contributed by atoms with Gasteiger partial charge in [0.15, 0.2) is 5.78 Å². The van der Waals surface area contributed by atoms with Gasteiger partial charge in [-0.1, -0.05) is 52.3 Å². The Morgan fingerprint density at radius 1 is 0.759 bits per heavy atom. The van der Waals surface area contributed by atoms with Crippen molar-refractivity contribution in [2.24, 2.45) is 5.92 Å². The number of Topliss-reactive ketones (excluding diaryl/α,β-unsaturated/α-hetero) is 1. The fourth-order valence-electron chi connectivity index (χ4n) is 3.49. The van der Waals surface area contributed by atoms with Gasteiger partial charge in [-0.25, -0.2) is 0 Å². The SMILES string of the molecule is O=C(c1ccc([C]2[CH][CH][CH][CH]2)cc1)[C@@H]1C[C@H]1c1ccc(Br)cc1.[CH]1[CH][CH][CH][CH]1.[Fe+2]. The number of ketones is 1. The molecule has 1 nitrogen and oxygen atoms in total. The number of halogens is 1. The molecular weight excluding hydrogens is 464 g/mol. The normalized spacial score (nSPS) is 23.1. The average molecular weight is 485 g/mol. The number of carbonyl (C=O) groups is 1. The van der Waals surface area contributed by atoms with Crippen LogP contribution in [0.4, 0.5) is 0 Å². The van der Waals surface area contributed by atoms with Crippen LogP contribution in [-0.4, -0.2) is 5.78 Å². The molecule has 2 aromatic rings. The summed E-state index contributed by atoms with van der Waals surface area (Å²) in [4.78, 5) is 12.6. The van der Waals surface area contributed by atoms with Gasteiger partial charge in [0.1, 0.15) is 0 Å². The minimum absolute atomic E-state index is 0. The Morgan fingerprint density at radius 3 is 1.86 bits per heavy atom. The van der Waals surface area contributed by atoms with Crippen LogP contribution < -0.4 is 0 Å². The van der Waals surface area contributed by atoms with Gasteiger partial charge in [0.25, 0.3) is 0 Å². The van der Waals surface area contributed by atoms with Gasteiger partial charge in [-0.3, -0.25) is 4.79 Å². The average Bonchev–Trinajstić information content (AvgIpc) is 3.14. The Hall–Kier alpha value is -0.891. The van der Waals surface area contributed by atoms with Gasteiger partial charge in [0, 0.05) is 21.9 Å². The van der Waals surface area contributed by atoms with E-state index in [4.69, 9.17) is 0 Å². The van der Waals surface area contributed by atoms with Crippen LogP contribution in [0.2, 0.25) is 0 Å². The van der Waals surface area contributed by atoms with Crippen molar-refractivity contribution in [3.63, 3.8) is 0 Å². The molecule has 29 heavy (non-hydrogen) atoms. The molecule has 0 unspecified atom stereocenters. The molecule has 3 saturated carbocycles. The minimum Gasteiger partial charge on any atom is -0.294 e. The summed E-state index contributed by atoms with van der Waals surface area (Å²) in [7, 11) is 0. The molecule has 2 aromatic carbocycles. The Balaban J connectivity index is 0.000000352. The van der Waals surface area contributed by atoms with Gasteiger partial charge in [0.05, 0.1) is 0 Å². The van der Waals surface area contributed by atoms with E-state index in [0.29, 0.717) is 5.92 Å². The van der Waals surface area contributed by atoms with Gasteiger partial charge >= 0.3 is 17.1 Å². The molecule has 10 radical (unpaired) electrons.